The van der Waals surface area contributed by atoms with E-state index in [0.717, 1.165) is 5.82 Å². The van der Waals surface area contributed by atoms with Gasteiger partial charge in [-0.15, -0.1) is 10.2 Å². The Morgan fingerprint density at radius 1 is 1.38 bits per heavy atom. The fourth-order valence-corrected chi connectivity index (χ4v) is 1.84. The van der Waals surface area contributed by atoms with Crippen LogP contribution >= 0.6 is 11.6 Å². The molecule has 0 spiro atoms. The van der Waals surface area contributed by atoms with Gasteiger partial charge in [0.25, 0.3) is 0 Å². The van der Waals surface area contributed by atoms with Crippen LogP contribution in [-0.2, 0) is 0 Å². The summed E-state index contributed by atoms with van der Waals surface area (Å²) in [5.41, 5.74) is 0.656. The van der Waals surface area contributed by atoms with Crippen molar-refractivity contribution < 1.29 is 4.42 Å². The highest BCUT2D eigenvalue weighted by Crippen LogP contribution is 2.20. The van der Waals surface area contributed by atoms with Crippen LogP contribution < -0.4 is 0 Å². The van der Waals surface area contributed by atoms with Crippen LogP contribution in [0.25, 0.3) is 17.2 Å². The maximum atomic E-state index is 5.84. The molecule has 5 nitrogen and oxygen atoms in total. The SMILES string of the molecule is Cc1nc(Cl)cc2nnc(-c3ccco3)n12. The topological polar surface area (TPSA) is 56.2 Å². The third-order valence-electron chi connectivity index (χ3n) is 2.27. The smallest absolute Gasteiger partial charge is 0.205 e. The number of aryl methyl sites for hydroxylation is 1. The highest BCUT2D eigenvalue weighted by molar-refractivity contribution is 6.29. The minimum Gasteiger partial charge on any atom is -0.461 e. The summed E-state index contributed by atoms with van der Waals surface area (Å²) in [6.45, 7) is 1.84. The van der Waals surface area contributed by atoms with E-state index in [1.807, 2.05) is 13.0 Å². The molecule has 0 radical (unpaired) electrons. The lowest BCUT2D eigenvalue weighted by Crippen LogP contribution is -1.97. The highest BCUT2D eigenvalue weighted by Gasteiger charge is 2.13. The lowest BCUT2D eigenvalue weighted by molar-refractivity contribution is 0.576. The zero-order valence-corrected chi connectivity index (χ0v) is 9.14. The van der Waals surface area contributed by atoms with Crippen molar-refractivity contribution in [2.75, 3.05) is 0 Å². The van der Waals surface area contributed by atoms with Gasteiger partial charge < -0.3 is 4.42 Å². The Hall–Kier alpha value is -1.88. The van der Waals surface area contributed by atoms with Crippen LogP contribution in [0.5, 0.6) is 0 Å². The average molecular weight is 235 g/mol. The molecule has 3 aromatic heterocycles. The molecule has 3 rings (SSSR count). The minimum absolute atomic E-state index is 0.406. The number of halogens is 1. The van der Waals surface area contributed by atoms with Gasteiger partial charge in [-0.3, -0.25) is 4.40 Å². The van der Waals surface area contributed by atoms with Gasteiger partial charge in [0.15, 0.2) is 11.4 Å². The van der Waals surface area contributed by atoms with Crippen LogP contribution in [0.4, 0.5) is 0 Å². The van der Waals surface area contributed by atoms with E-state index in [2.05, 4.69) is 15.2 Å². The van der Waals surface area contributed by atoms with Gasteiger partial charge in [0.1, 0.15) is 11.0 Å². The Morgan fingerprint density at radius 2 is 2.25 bits per heavy atom. The van der Waals surface area contributed by atoms with Crippen molar-refractivity contribution in [3.05, 3.63) is 35.4 Å². The summed E-state index contributed by atoms with van der Waals surface area (Å²) in [5.74, 6) is 2.00. The first-order chi connectivity index (χ1) is 7.75. The van der Waals surface area contributed by atoms with Crippen LogP contribution in [0, 0.1) is 6.92 Å². The fourth-order valence-electron chi connectivity index (χ4n) is 1.62. The second kappa shape index (κ2) is 3.31. The summed E-state index contributed by atoms with van der Waals surface area (Å²) in [5, 5.41) is 8.49. The third-order valence-corrected chi connectivity index (χ3v) is 2.46. The van der Waals surface area contributed by atoms with E-state index >= 15 is 0 Å². The highest BCUT2D eigenvalue weighted by atomic mass is 35.5. The fraction of sp³-hybridized carbons (Fsp3) is 0.100. The van der Waals surface area contributed by atoms with Gasteiger partial charge in [-0.25, -0.2) is 4.98 Å². The zero-order valence-electron chi connectivity index (χ0n) is 8.38. The largest absolute Gasteiger partial charge is 0.461 e. The Balaban J connectivity index is 2.36. The van der Waals surface area contributed by atoms with E-state index in [9.17, 15) is 0 Å². The maximum absolute atomic E-state index is 5.84. The van der Waals surface area contributed by atoms with Crippen LogP contribution in [0.3, 0.4) is 0 Å². The van der Waals surface area contributed by atoms with Gasteiger partial charge in [-0.05, 0) is 19.1 Å². The molecule has 3 heterocycles. The Morgan fingerprint density at radius 3 is 3.00 bits per heavy atom. The first-order valence-corrected chi connectivity index (χ1v) is 5.05. The van der Waals surface area contributed by atoms with E-state index in [1.165, 1.54) is 0 Å². The Labute approximate surface area is 95.7 Å². The number of hydrogen-bond acceptors (Lipinski definition) is 4. The summed E-state index contributed by atoms with van der Waals surface area (Å²) >= 11 is 5.84. The number of aromatic nitrogens is 4. The number of nitrogens with zero attached hydrogens (tertiary/aromatic N) is 4. The third kappa shape index (κ3) is 1.29. The normalized spacial score (nSPS) is 11.1. The summed E-state index contributed by atoms with van der Waals surface area (Å²) < 4.78 is 7.08. The van der Waals surface area contributed by atoms with Gasteiger partial charge in [-0.2, -0.15) is 0 Å². The van der Waals surface area contributed by atoms with Crippen LogP contribution in [0.1, 0.15) is 5.82 Å². The second-order valence-corrected chi connectivity index (χ2v) is 3.71. The average Bonchev–Trinajstić information content (AvgIpc) is 2.82. The van der Waals surface area contributed by atoms with Crippen LogP contribution in [-0.4, -0.2) is 19.6 Å². The molecule has 0 saturated heterocycles. The van der Waals surface area contributed by atoms with E-state index in [-0.39, 0.29) is 0 Å². The Kier molecular flexibility index (Phi) is 1.94. The predicted molar refractivity (Wildman–Crippen MR) is 58.2 cm³/mol. The van der Waals surface area contributed by atoms with Crippen LogP contribution in [0.2, 0.25) is 5.15 Å². The predicted octanol–water partition coefficient (Wildman–Crippen LogP) is 2.35. The molecule has 0 aliphatic carbocycles. The molecule has 0 amide bonds. The van der Waals surface area contributed by atoms with Crippen molar-refractivity contribution >= 4 is 17.2 Å². The molecule has 0 N–H and O–H groups in total. The number of hydrogen-bond donors (Lipinski definition) is 0. The first-order valence-electron chi connectivity index (χ1n) is 4.68. The molecule has 0 fully saturated rings. The summed E-state index contributed by atoms with van der Waals surface area (Å²) in [6.07, 6.45) is 1.59. The molecule has 0 saturated carbocycles. The minimum atomic E-state index is 0.406. The summed E-state index contributed by atoms with van der Waals surface area (Å²) in [7, 11) is 0. The van der Waals surface area contributed by atoms with Crippen molar-refractivity contribution in [1.82, 2.24) is 19.6 Å². The van der Waals surface area contributed by atoms with Crippen molar-refractivity contribution in [2.24, 2.45) is 0 Å². The molecule has 0 aliphatic heterocycles. The molecule has 3 aromatic rings. The number of fused-ring (bicyclic) bond motifs is 1. The van der Waals surface area contributed by atoms with E-state index in [4.69, 9.17) is 16.0 Å². The van der Waals surface area contributed by atoms with Gasteiger partial charge in [0, 0.05) is 6.07 Å². The zero-order chi connectivity index (χ0) is 11.1. The molecule has 0 aromatic carbocycles. The first kappa shape index (κ1) is 9.35. The molecule has 0 unspecified atom stereocenters. The van der Waals surface area contributed by atoms with E-state index in [1.54, 1.807) is 22.8 Å². The lowest BCUT2D eigenvalue weighted by atomic mass is 10.4. The molecule has 80 valence electrons. The molecular formula is C10H7ClN4O. The Bertz CT molecular complexity index is 644. The summed E-state index contributed by atoms with van der Waals surface area (Å²) in [4.78, 5) is 4.15. The quantitative estimate of drug-likeness (QED) is 0.607. The van der Waals surface area contributed by atoms with Gasteiger partial charge >= 0.3 is 0 Å². The van der Waals surface area contributed by atoms with Crippen molar-refractivity contribution in [1.29, 1.82) is 0 Å². The van der Waals surface area contributed by atoms with E-state index < -0.39 is 0 Å². The van der Waals surface area contributed by atoms with Crippen molar-refractivity contribution in [3.8, 4) is 11.6 Å². The monoisotopic (exact) mass is 234 g/mol. The molecule has 0 atom stereocenters. The molecular weight excluding hydrogens is 228 g/mol. The summed E-state index contributed by atoms with van der Waals surface area (Å²) in [6, 6.07) is 5.29. The number of furan rings is 1. The van der Waals surface area contributed by atoms with Gasteiger partial charge in [0.05, 0.1) is 6.26 Å². The standard InChI is InChI=1S/C10H7ClN4O/c1-6-12-8(11)5-9-13-14-10(15(6)9)7-3-2-4-16-7/h2-5H,1H3. The van der Waals surface area contributed by atoms with Gasteiger partial charge in [0.2, 0.25) is 5.82 Å². The molecule has 0 aliphatic rings. The maximum Gasteiger partial charge on any atom is 0.205 e. The van der Waals surface area contributed by atoms with Crippen molar-refractivity contribution in [3.63, 3.8) is 0 Å². The second-order valence-electron chi connectivity index (χ2n) is 3.32. The van der Waals surface area contributed by atoms with Crippen molar-refractivity contribution in [2.45, 2.75) is 6.92 Å². The molecule has 16 heavy (non-hydrogen) atoms. The van der Waals surface area contributed by atoms with Gasteiger partial charge in [-0.1, -0.05) is 11.6 Å². The molecule has 0 bridgehead atoms. The van der Waals surface area contributed by atoms with Crippen LogP contribution in [0.15, 0.2) is 28.9 Å². The molecule has 6 heteroatoms. The lowest BCUT2D eigenvalue weighted by Gasteiger charge is -2.00. The number of rotatable bonds is 1. The van der Waals surface area contributed by atoms with E-state index in [0.29, 0.717) is 22.4 Å².